The first-order valence-electron chi connectivity index (χ1n) is 10.4. The Morgan fingerprint density at radius 2 is 1.48 bits per heavy atom. The molecule has 1 aliphatic rings. The predicted molar refractivity (Wildman–Crippen MR) is 122 cm³/mol. The zero-order chi connectivity index (χ0) is 22.6. The van der Waals surface area contributed by atoms with E-state index in [9.17, 15) is 18.0 Å². The molecule has 0 aliphatic carbocycles. The molecule has 2 N–H and O–H groups in total. The average Bonchev–Trinajstić information content (AvgIpc) is 2.73. The highest BCUT2D eigenvalue weighted by atomic mass is 32.2. The van der Waals surface area contributed by atoms with Crippen molar-refractivity contribution in [2.75, 3.05) is 24.1 Å². The van der Waals surface area contributed by atoms with Crippen molar-refractivity contribution >= 4 is 27.5 Å². The van der Waals surface area contributed by atoms with Crippen molar-refractivity contribution in [3.8, 4) is 0 Å². The summed E-state index contributed by atoms with van der Waals surface area (Å²) < 4.78 is 25.0. The molecule has 0 saturated carbocycles. The quantitative estimate of drug-likeness (QED) is 0.717. The summed E-state index contributed by atoms with van der Waals surface area (Å²) in [6, 6.07) is 14.1. The highest BCUT2D eigenvalue weighted by molar-refractivity contribution is 7.92. The van der Waals surface area contributed by atoms with Crippen LogP contribution in [0.2, 0.25) is 0 Å². The van der Waals surface area contributed by atoms with E-state index in [4.69, 9.17) is 0 Å². The fourth-order valence-corrected chi connectivity index (χ4v) is 4.16. The summed E-state index contributed by atoms with van der Waals surface area (Å²) in [5, 5.41) is 3.07. The lowest BCUT2D eigenvalue weighted by atomic mass is 10.0. The number of amides is 2. The number of carbonyl (C=O) groups is 2. The van der Waals surface area contributed by atoms with E-state index in [1.165, 1.54) is 5.56 Å². The molecule has 2 aromatic carbocycles. The summed E-state index contributed by atoms with van der Waals surface area (Å²) in [7, 11) is -3.35. The van der Waals surface area contributed by atoms with Gasteiger partial charge in [0.05, 0.1) is 6.26 Å². The normalized spacial score (nSPS) is 15.0. The van der Waals surface area contributed by atoms with Gasteiger partial charge in [-0.1, -0.05) is 26.0 Å². The first-order valence-corrected chi connectivity index (χ1v) is 12.3. The fourth-order valence-electron chi connectivity index (χ4n) is 3.59. The van der Waals surface area contributed by atoms with Crippen molar-refractivity contribution in [1.29, 1.82) is 0 Å². The van der Waals surface area contributed by atoms with Crippen molar-refractivity contribution in [3.63, 3.8) is 0 Å². The second kappa shape index (κ2) is 9.51. The number of nitrogens with zero attached hydrogens (tertiary/aromatic N) is 1. The minimum atomic E-state index is -3.35. The van der Waals surface area contributed by atoms with Crippen LogP contribution < -0.4 is 10.0 Å². The van der Waals surface area contributed by atoms with Crippen molar-refractivity contribution in [3.05, 3.63) is 65.2 Å². The van der Waals surface area contributed by atoms with Crippen LogP contribution in [0.15, 0.2) is 48.5 Å². The van der Waals surface area contributed by atoms with Crippen LogP contribution in [0.1, 0.15) is 58.9 Å². The highest BCUT2D eigenvalue weighted by Gasteiger charge is 2.25. The Bertz CT molecular complexity index is 1020. The van der Waals surface area contributed by atoms with Gasteiger partial charge in [0.1, 0.15) is 0 Å². The van der Waals surface area contributed by atoms with Crippen molar-refractivity contribution in [2.24, 2.45) is 0 Å². The molecule has 31 heavy (non-hydrogen) atoms. The summed E-state index contributed by atoms with van der Waals surface area (Å²) in [5.41, 5.74) is 2.77. The maximum atomic E-state index is 12.7. The molecule has 166 valence electrons. The Kier molecular flexibility index (Phi) is 7.00. The number of anilines is 1. The fraction of sp³-hybridized carbons (Fsp3) is 0.391. The second-order valence-corrected chi connectivity index (χ2v) is 10.0. The van der Waals surface area contributed by atoms with Gasteiger partial charge in [0, 0.05) is 35.9 Å². The van der Waals surface area contributed by atoms with Crippen LogP contribution in [-0.4, -0.2) is 50.5 Å². The van der Waals surface area contributed by atoms with Crippen LogP contribution in [-0.2, 0) is 10.0 Å². The second-order valence-electron chi connectivity index (χ2n) is 8.27. The van der Waals surface area contributed by atoms with E-state index in [2.05, 4.69) is 23.9 Å². The van der Waals surface area contributed by atoms with Gasteiger partial charge in [0.15, 0.2) is 0 Å². The van der Waals surface area contributed by atoms with Gasteiger partial charge in [-0.15, -0.1) is 0 Å². The summed E-state index contributed by atoms with van der Waals surface area (Å²) in [5.74, 6) is 0.236. The number of benzene rings is 2. The van der Waals surface area contributed by atoms with Crippen LogP contribution in [0.3, 0.4) is 0 Å². The average molecular weight is 444 g/mol. The third-order valence-corrected chi connectivity index (χ3v) is 6.00. The van der Waals surface area contributed by atoms with Crippen molar-refractivity contribution in [1.82, 2.24) is 10.2 Å². The monoisotopic (exact) mass is 443 g/mol. The topological polar surface area (TPSA) is 95.6 Å². The molecule has 8 heteroatoms. The van der Waals surface area contributed by atoms with E-state index < -0.39 is 10.0 Å². The Hall–Kier alpha value is -2.87. The standard InChI is InChI=1S/C23H29N3O4S/c1-16(2)17-4-6-18(7-5-17)22(27)24-20-12-14-26(15-13-20)23(28)19-8-10-21(11-9-19)25-31(3,29)30/h4-11,16,20,25H,12-15H2,1-3H3,(H,24,27). The summed E-state index contributed by atoms with van der Waals surface area (Å²) in [6.45, 7) is 5.34. The Morgan fingerprint density at radius 3 is 2.00 bits per heavy atom. The molecule has 7 nitrogen and oxygen atoms in total. The van der Waals surface area contributed by atoms with E-state index in [0.29, 0.717) is 48.7 Å². The third kappa shape index (κ3) is 6.30. The zero-order valence-electron chi connectivity index (χ0n) is 18.1. The molecule has 1 aliphatic heterocycles. The largest absolute Gasteiger partial charge is 0.349 e. The predicted octanol–water partition coefficient (Wildman–Crippen LogP) is 3.22. The molecule has 0 unspecified atom stereocenters. The first kappa shape index (κ1) is 22.8. The molecule has 0 radical (unpaired) electrons. The highest BCUT2D eigenvalue weighted by Crippen LogP contribution is 2.18. The number of hydrogen-bond donors (Lipinski definition) is 2. The van der Waals surface area contributed by atoms with Gasteiger partial charge in [0.2, 0.25) is 10.0 Å². The molecule has 0 aromatic heterocycles. The van der Waals surface area contributed by atoms with Gasteiger partial charge in [-0.25, -0.2) is 8.42 Å². The lowest BCUT2D eigenvalue weighted by molar-refractivity contribution is 0.0698. The maximum absolute atomic E-state index is 12.7. The lowest BCUT2D eigenvalue weighted by Crippen LogP contribution is -2.46. The molecule has 3 rings (SSSR count). The van der Waals surface area contributed by atoms with Gasteiger partial charge in [0.25, 0.3) is 11.8 Å². The molecule has 1 fully saturated rings. The van der Waals surface area contributed by atoms with Gasteiger partial charge in [-0.05, 0) is 60.7 Å². The minimum absolute atomic E-state index is 0.0302. The smallest absolute Gasteiger partial charge is 0.253 e. The summed E-state index contributed by atoms with van der Waals surface area (Å²) >= 11 is 0. The number of rotatable bonds is 6. The molecule has 2 aromatic rings. The molecule has 0 atom stereocenters. The van der Waals surface area contributed by atoms with E-state index in [0.717, 1.165) is 6.26 Å². The maximum Gasteiger partial charge on any atom is 0.253 e. The lowest BCUT2D eigenvalue weighted by Gasteiger charge is -2.32. The van der Waals surface area contributed by atoms with E-state index in [1.54, 1.807) is 29.2 Å². The van der Waals surface area contributed by atoms with Crippen molar-refractivity contribution in [2.45, 2.75) is 38.6 Å². The molecular weight excluding hydrogens is 414 g/mol. The van der Waals surface area contributed by atoms with E-state index in [1.807, 2.05) is 24.3 Å². The molecule has 0 spiro atoms. The molecular formula is C23H29N3O4S. The number of sulfonamides is 1. The Labute approximate surface area is 183 Å². The van der Waals surface area contributed by atoms with Crippen molar-refractivity contribution < 1.29 is 18.0 Å². The Morgan fingerprint density at radius 1 is 0.935 bits per heavy atom. The first-order chi connectivity index (χ1) is 14.6. The molecule has 1 heterocycles. The van der Waals surface area contributed by atoms with Crippen LogP contribution in [0, 0.1) is 0 Å². The summed E-state index contributed by atoms with van der Waals surface area (Å²) in [4.78, 5) is 27.0. The van der Waals surface area contributed by atoms with Gasteiger partial charge in [-0.3, -0.25) is 14.3 Å². The van der Waals surface area contributed by atoms with Crippen LogP contribution in [0.4, 0.5) is 5.69 Å². The number of piperidine rings is 1. The van der Waals surface area contributed by atoms with Gasteiger partial charge in [-0.2, -0.15) is 0 Å². The number of nitrogens with one attached hydrogen (secondary N) is 2. The SMILES string of the molecule is CC(C)c1ccc(C(=O)NC2CCN(C(=O)c3ccc(NS(C)(=O)=O)cc3)CC2)cc1. The zero-order valence-corrected chi connectivity index (χ0v) is 18.9. The van der Waals surface area contributed by atoms with Crippen LogP contribution in [0.5, 0.6) is 0 Å². The number of likely N-dealkylation sites (tertiary alicyclic amines) is 1. The van der Waals surface area contributed by atoms with Gasteiger partial charge >= 0.3 is 0 Å². The molecule has 1 saturated heterocycles. The summed E-state index contributed by atoms with van der Waals surface area (Å²) in [6.07, 6.45) is 2.46. The Balaban J connectivity index is 1.51. The van der Waals surface area contributed by atoms with E-state index >= 15 is 0 Å². The van der Waals surface area contributed by atoms with Crippen LogP contribution >= 0.6 is 0 Å². The minimum Gasteiger partial charge on any atom is -0.349 e. The number of hydrogen-bond acceptors (Lipinski definition) is 4. The molecule has 0 bridgehead atoms. The number of carbonyl (C=O) groups excluding carboxylic acids is 2. The molecule has 2 amide bonds. The third-order valence-electron chi connectivity index (χ3n) is 5.39. The van der Waals surface area contributed by atoms with Gasteiger partial charge < -0.3 is 10.2 Å². The van der Waals surface area contributed by atoms with Crippen LogP contribution in [0.25, 0.3) is 0 Å². The van der Waals surface area contributed by atoms with E-state index in [-0.39, 0.29) is 17.9 Å².